The van der Waals surface area contributed by atoms with Crippen molar-refractivity contribution in [2.45, 2.75) is 0 Å². The van der Waals surface area contributed by atoms with Gasteiger partial charge in [0.15, 0.2) is 17.3 Å². The third-order valence-electron chi connectivity index (χ3n) is 2.57. The fourth-order valence-electron chi connectivity index (χ4n) is 1.60. The number of phenolic OH excluding ortho intramolecular Hbond substituents is 1. The number of benzene rings is 2. The number of non-ortho nitro benzene ring substituents is 1. The van der Waals surface area contributed by atoms with Gasteiger partial charge in [0, 0.05) is 24.3 Å². The monoisotopic (exact) mass is 308 g/mol. The predicted molar refractivity (Wildman–Crippen MR) is 72.9 cm³/mol. The number of nitro groups is 1. The molecule has 0 atom stereocenters. The van der Waals surface area contributed by atoms with Gasteiger partial charge in [0.2, 0.25) is 0 Å². The highest BCUT2D eigenvalue weighted by Crippen LogP contribution is 2.35. The summed E-state index contributed by atoms with van der Waals surface area (Å²) in [6.07, 6.45) is -1.48. The largest absolute Gasteiger partial charge is 0.504 e. The molecule has 0 saturated carbocycles. The molecule has 2 rings (SSSR count). The summed E-state index contributed by atoms with van der Waals surface area (Å²) in [5.41, 5.74) is -0.579. The molecule has 0 saturated heterocycles. The van der Waals surface area contributed by atoms with E-state index in [1.165, 1.54) is 24.3 Å². The number of carboxylic acid groups (broad SMARTS) is 1. The minimum absolute atomic E-state index is 0.138. The van der Waals surface area contributed by atoms with Gasteiger partial charge in [0.1, 0.15) is 5.75 Å². The lowest BCUT2D eigenvalue weighted by Gasteiger charge is -2.10. The van der Waals surface area contributed by atoms with E-state index in [4.69, 9.17) is 9.84 Å². The lowest BCUT2D eigenvalue weighted by Crippen LogP contribution is -2.08. The summed E-state index contributed by atoms with van der Waals surface area (Å²) in [7, 11) is 0. The van der Waals surface area contributed by atoms with Crippen molar-refractivity contribution in [3.8, 4) is 17.2 Å². The van der Waals surface area contributed by atoms with Crippen molar-refractivity contribution in [3.05, 3.63) is 52.3 Å². The Bertz CT molecular complexity index is 732. The van der Waals surface area contributed by atoms with Crippen molar-refractivity contribution in [3.63, 3.8) is 0 Å². The number of rotatable bonds is 4. The maximum Gasteiger partial charge on any atom is 0.409 e. The van der Waals surface area contributed by atoms with Gasteiger partial charge in [-0.2, -0.15) is 0 Å². The number of hydrogen-bond acceptors (Lipinski definition) is 5. The Labute approximate surface area is 122 Å². The molecule has 0 bridgehead atoms. The quantitative estimate of drug-likeness (QED) is 0.588. The Hall–Kier alpha value is -3.36. The standard InChI is InChI=1S/C13H9FN2O6/c14-9-5-12(11(17)6-10(9)15-13(18)19)22-8-3-1-7(2-4-8)16(20)21/h1-6,15,17H,(H,18,19). The molecule has 8 nitrogen and oxygen atoms in total. The molecule has 0 radical (unpaired) electrons. The van der Waals surface area contributed by atoms with Gasteiger partial charge in [-0.25, -0.2) is 9.18 Å². The third-order valence-corrected chi connectivity index (χ3v) is 2.57. The summed E-state index contributed by atoms with van der Waals surface area (Å²) in [6.45, 7) is 0. The van der Waals surface area contributed by atoms with E-state index in [-0.39, 0.29) is 17.2 Å². The van der Waals surface area contributed by atoms with E-state index >= 15 is 0 Å². The number of amides is 1. The van der Waals surface area contributed by atoms with Crippen LogP contribution in [0.1, 0.15) is 0 Å². The number of phenols is 1. The lowest BCUT2D eigenvalue weighted by molar-refractivity contribution is -0.384. The molecule has 2 aromatic rings. The van der Waals surface area contributed by atoms with E-state index in [1.807, 2.05) is 0 Å². The molecule has 0 fully saturated rings. The molecule has 1 amide bonds. The van der Waals surface area contributed by atoms with Crippen LogP contribution in [0.5, 0.6) is 17.2 Å². The Kier molecular flexibility index (Phi) is 4.07. The van der Waals surface area contributed by atoms with Gasteiger partial charge in [-0.05, 0) is 12.1 Å². The zero-order valence-electron chi connectivity index (χ0n) is 10.8. The van der Waals surface area contributed by atoms with Gasteiger partial charge in [-0.3, -0.25) is 15.4 Å². The van der Waals surface area contributed by atoms with Gasteiger partial charge < -0.3 is 14.9 Å². The number of nitrogens with one attached hydrogen (secondary N) is 1. The Morgan fingerprint density at radius 1 is 1.27 bits per heavy atom. The number of aromatic hydroxyl groups is 1. The second-order valence-electron chi connectivity index (χ2n) is 4.08. The van der Waals surface area contributed by atoms with Crippen molar-refractivity contribution in [2.75, 3.05) is 5.32 Å². The van der Waals surface area contributed by atoms with Crippen LogP contribution in [0.4, 0.5) is 20.6 Å². The maximum absolute atomic E-state index is 13.7. The van der Waals surface area contributed by atoms with E-state index in [0.29, 0.717) is 0 Å². The van der Waals surface area contributed by atoms with Gasteiger partial charge in [0.05, 0.1) is 10.6 Å². The highest BCUT2D eigenvalue weighted by molar-refractivity contribution is 5.83. The van der Waals surface area contributed by atoms with Gasteiger partial charge in [0.25, 0.3) is 5.69 Å². The van der Waals surface area contributed by atoms with Crippen molar-refractivity contribution < 1.29 is 29.1 Å². The molecule has 0 heterocycles. The maximum atomic E-state index is 13.7. The van der Waals surface area contributed by atoms with Crippen molar-refractivity contribution in [1.82, 2.24) is 0 Å². The van der Waals surface area contributed by atoms with Gasteiger partial charge in [-0.1, -0.05) is 0 Å². The molecule has 0 spiro atoms. The molecule has 3 N–H and O–H groups in total. The average Bonchev–Trinajstić information content (AvgIpc) is 2.44. The Morgan fingerprint density at radius 3 is 2.45 bits per heavy atom. The first-order chi connectivity index (χ1) is 10.4. The molecule has 0 aliphatic carbocycles. The van der Waals surface area contributed by atoms with E-state index in [0.717, 1.165) is 12.1 Å². The first kappa shape index (κ1) is 15.0. The minimum atomic E-state index is -1.48. The Balaban J connectivity index is 2.24. The van der Waals surface area contributed by atoms with Crippen LogP contribution in [0, 0.1) is 15.9 Å². The second-order valence-corrected chi connectivity index (χ2v) is 4.08. The van der Waals surface area contributed by atoms with Crippen LogP contribution in [0.25, 0.3) is 0 Å². The van der Waals surface area contributed by atoms with Crippen molar-refractivity contribution in [1.29, 1.82) is 0 Å². The van der Waals surface area contributed by atoms with Crippen molar-refractivity contribution >= 4 is 17.5 Å². The highest BCUT2D eigenvalue weighted by Gasteiger charge is 2.13. The highest BCUT2D eigenvalue weighted by atomic mass is 19.1. The molecule has 0 aliphatic heterocycles. The van der Waals surface area contributed by atoms with Gasteiger partial charge >= 0.3 is 6.09 Å². The summed E-state index contributed by atoms with van der Waals surface area (Å²) in [6, 6.07) is 6.57. The topological polar surface area (TPSA) is 122 Å². The predicted octanol–water partition coefficient (Wildman–Crippen LogP) is 3.32. The van der Waals surface area contributed by atoms with Crippen LogP contribution >= 0.6 is 0 Å². The zero-order valence-corrected chi connectivity index (χ0v) is 10.8. The molecule has 22 heavy (non-hydrogen) atoms. The number of ether oxygens (including phenoxy) is 1. The number of nitro benzene ring substituents is 1. The summed E-state index contributed by atoms with van der Waals surface area (Å²) < 4.78 is 18.9. The fourth-order valence-corrected chi connectivity index (χ4v) is 1.60. The number of anilines is 1. The van der Waals surface area contributed by atoms with Crippen LogP contribution in [0.3, 0.4) is 0 Å². The number of hydrogen-bond donors (Lipinski definition) is 3. The molecule has 0 aliphatic rings. The summed E-state index contributed by atoms with van der Waals surface area (Å²) in [4.78, 5) is 20.4. The molecular formula is C13H9FN2O6. The van der Waals surface area contributed by atoms with Crippen LogP contribution < -0.4 is 10.1 Å². The van der Waals surface area contributed by atoms with E-state index < -0.39 is 28.3 Å². The number of nitrogens with zero attached hydrogens (tertiary/aromatic N) is 1. The SMILES string of the molecule is O=C(O)Nc1cc(O)c(Oc2ccc([N+](=O)[O-])cc2)cc1F. The molecular weight excluding hydrogens is 299 g/mol. The molecule has 9 heteroatoms. The zero-order chi connectivity index (χ0) is 16.3. The van der Waals surface area contributed by atoms with Crippen LogP contribution in [-0.2, 0) is 0 Å². The summed E-state index contributed by atoms with van der Waals surface area (Å²) in [5, 5.41) is 30.5. The third kappa shape index (κ3) is 3.39. The average molecular weight is 308 g/mol. The first-order valence-corrected chi connectivity index (χ1v) is 5.81. The molecule has 2 aromatic carbocycles. The fraction of sp³-hybridized carbons (Fsp3) is 0. The molecule has 114 valence electrons. The summed E-state index contributed by atoms with van der Waals surface area (Å²) in [5.74, 6) is -1.57. The van der Waals surface area contributed by atoms with Crippen LogP contribution in [0.15, 0.2) is 36.4 Å². The lowest BCUT2D eigenvalue weighted by atomic mass is 10.2. The number of halogens is 1. The van der Waals surface area contributed by atoms with E-state index in [2.05, 4.69) is 0 Å². The summed E-state index contributed by atoms with van der Waals surface area (Å²) >= 11 is 0. The van der Waals surface area contributed by atoms with E-state index in [1.54, 1.807) is 5.32 Å². The van der Waals surface area contributed by atoms with E-state index in [9.17, 15) is 24.4 Å². The molecule has 0 unspecified atom stereocenters. The number of carbonyl (C=O) groups is 1. The normalized spacial score (nSPS) is 10.0. The van der Waals surface area contributed by atoms with Gasteiger partial charge in [-0.15, -0.1) is 0 Å². The smallest absolute Gasteiger partial charge is 0.409 e. The minimum Gasteiger partial charge on any atom is -0.504 e. The second kappa shape index (κ2) is 5.95. The molecule has 0 aromatic heterocycles. The Morgan fingerprint density at radius 2 is 1.91 bits per heavy atom. The first-order valence-electron chi connectivity index (χ1n) is 5.81. The van der Waals surface area contributed by atoms with Crippen molar-refractivity contribution in [2.24, 2.45) is 0 Å². The van der Waals surface area contributed by atoms with Crippen LogP contribution in [-0.4, -0.2) is 21.2 Å². The van der Waals surface area contributed by atoms with Crippen LogP contribution in [0.2, 0.25) is 0 Å².